The third-order valence-electron chi connectivity index (χ3n) is 5.07. The minimum absolute atomic E-state index is 0.0414. The Labute approximate surface area is 173 Å². The lowest BCUT2D eigenvalue weighted by atomic mass is 10.1. The van der Waals surface area contributed by atoms with Gasteiger partial charge in [0, 0.05) is 38.3 Å². The second kappa shape index (κ2) is 8.48. The number of fused-ring (bicyclic) bond motifs is 1. The summed E-state index contributed by atoms with van der Waals surface area (Å²) in [6, 6.07) is 9.83. The number of nitrogens with zero attached hydrogens (tertiary/aromatic N) is 5. The fourth-order valence-corrected chi connectivity index (χ4v) is 3.48. The van der Waals surface area contributed by atoms with Gasteiger partial charge in [0.25, 0.3) is 0 Å². The molecule has 3 heterocycles. The molecule has 8 nitrogen and oxygen atoms in total. The van der Waals surface area contributed by atoms with E-state index in [2.05, 4.69) is 20.2 Å². The number of carbonyl (C=O) groups is 1. The number of amides is 2. The van der Waals surface area contributed by atoms with Gasteiger partial charge in [-0.3, -0.25) is 0 Å². The van der Waals surface area contributed by atoms with Crippen LogP contribution in [-0.2, 0) is 0 Å². The standard InChI is InChI=1S/C21H24FN7O/c1-2-9-24-21(30)29-12-10-28(11-13-29)19-18-17(26-20(23)27-19)8-7-16(25-18)14-3-5-15(22)6-4-14/h3-8H,2,9-13H2,1H3,(H,24,30)(H2,23,26,27). The molecule has 0 radical (unpaired) electrons. The molecule has 30 heavy (non-hydrogen) atoms. The lowest BCUT2D eigenvalue weighted by Gasteiger charge is -2.35. The lowest BCUT2D eigenvalue weighted by Crippen LogP contribution is -2.52. The molecule has 0 spiro atoms. The van der Waals surface area contributed by atoms with Crippen LogP contribution in [0.15, 0.2) is 36.4 Å². The van der Waals surface area contributed by atoms with E-state index in [1.165, 1.54) is 12.1 Å². The van der Waals surface area contributed by atoms with Crippen molar-refractivity contribution in [1.82, 2.24) is 25.2 Å². The number of pyridine rings is 1. The summed E-state index contributed by atoms with van der Waals surface area (Å²) >= 11 is 0. The van der Waals surface area contributed by atoms with E-state index in [0.29, 0.717) is 55.3 Å². The van der Waals surface area contributed by atoms with Crippen LogP contribution in [0.5, 0.6) is 0 Å². The minimum atomic E-state index is -0.294. The third kappa shape index (κ3) is 4.10. The zero-order valence-electron chi connectivity index (χ0n) is 16.8. The minimum Gasteiger partial charge on any atom is -0.368 e. The molecule has 1 aromatic carbocycles. The molecule has 0 unspecified atom stereocenters. The first kappa shape index (κ1) is 19.8. The predicted octanol–water partition coefficient (Wildman–Crippen LogP) is 2.65. The van der Waals surface area contributed by atoms with Crippen molar-refractivity contribution in [2.45, 2.75) is 13.3 Å². The number of nitrogen functional groups attached to an aromatic ring is 1. The highest BCUT2D eigenvalue weighted by atomic mass is 19.1. The van der Waals surface area contributed by atoms with Crippen molar-refractivity contribution in [3.05, 3.63) is 42.2 Å². The van der Waals surface area contributed by atoms with Gasteiger partial charge in [-0.15, -0.1) is 0 Å². The highest BCUT2D eigenvalue weighted by molar-refractivity contribution is 5.88. The normalized spacial score (nSPS) is 14.2. The molecule has 0 atom stereocenters. The summed E-state index contributed by atoms with van der Waals surface area (Å²) in [5, 5.41) is 2.91. The predicted molar refractivity (Wildman–Crippen MR) is 115 cm³/mol. The van der Waals surface area contributed by atoms with Gasteiger partial charge in [0.05, 0.1) is 11.2 Å². The van der Waals surface area contributed by atoms with Crippen LogP contribution in [0.2, 0.25) is 0 Å². The smallest absolute Gasteiger partial charge is 0.317 e. The van der Waals surface area contributed by atoms with Gasteiger partial charge in [-0.1, -0.05) is 6.92 Å². The van der Waals surface area contributed by atoms with Crippen molar-refractivity contribution in [2.75, 3.05) is 43.4 Å². The molecule has 3 aromatic rings. The Morgan fingerprint density at radius 1 is 1.07 bits per heavy atom. The maximum Gasteiger partial charge on any atom is 0.317 e. The number of nitrogens with one attached hydrogen (secondary N) is 1. The summed E-state index contributed by atoms with van der Waals surface area (Å²) in [6.45, 7) is 5.09. The Morgan fingerprint density at radius 3 is 2.50 bits per heavy atom. The van der Waals surface area contributed by atoms with Crippen LogP contribution in [0, 0.1) is 5.82 Å². The summed E-state index contributed by atoms with van der Waals surface area (Å²) in [5.41, 5.74) is 8.72. The molecule has 1 aliphatic heterocycles. The van der Waals surface area contributed by atoms with E-state index < -0.39 is 0 Å². The van der Waals surface area contributed by atoms with Gasteiger partial charge in [-0.05, 0) is 42.8 Å². The number of piperazine rings is 1. The molecule has 1 saturated heterocycles. The molecule has 1 aliphatic rings. The van der Waals surface area contributed by atoms with Crippen LogP contribution in [0.3, 0.4) is 0 Å². The lowest BCUT2D eigenvalue weighted by molar-refractivity contribution is 0.194. The van der Waals surface area contributed by atoms with Crippen LogP contribution in [0.25, 0.3) is 22.3 Å². The van der Waals surface area contributed by atoms with E-state index >= 15 is 0 Å². The second-order valence-corrected chi connectivity index (χ2v) is 7.18. The second-order valence-electron chi connectivity index (χ2n) is 7.18. The van der Waals surface area contributed by atoms with Crippen molar-refractivity contribution in [2.24, 2.45) is 0 Å². The van der Waals surface area contributed by atoms with Crippen molar-refractivity contribution < 1.29 is 9.18 Å². The molecule has 3 N–H and O–H groups in total. The van der Waals surface area contributed by atoms with E-state index in [4.69, 9.17) is 10.7 Å². The fourth-order valence-electron chi connectivity index (χ4n) is 3.48. The van der Waals surface area contributed by atoms with Crippen molar-refractivity contribution in [3.8, 4) is 11.3 Å². The Balaban J connectivity index is 1.61. The van der Waals surface area contributed by atoms with Crippen LogP contribution >= 0.6 is 0 Å². The maximum atomic E-state index is 13.3. The third-order valence-corrected chi connectivity index (χ3v) is 5.07. The van der Waals surface area contributed by atoms with Gasteiger partial charge in [-0.2, -0.15) is 4.98 Å². The number of benzene rings is 1. The first-order valence-electron chi connectivity index (χ1n) is 10.0. The molecular weight excluding hydrogens is 385 g/mol. The molecule has 2 aromatic heterocycles. The van der Waals surface area contributed by atoms with Crippen LogP contribution < -0.4 is 16.0 Å². The zero-order chi connectivity index (χ0) is 21.1. The van der Waals surface area contributed by atoms with Crippen molar-refractivity contribution >= 4 is 28.8 Å². The van der Waals surface area contributed by atoms with E-state index in [-0.39, 0.29) is 17.8 Å². The number of urea groups is 1. The van der Waals surface area contributed by atoms with Gasteiger partial charge in [0.1, 0.15) is 11.3 Å². The van der Waals surface area contributed by atoms with Gasteiger partial charge in [0.2, 0.25) is 5.95 Å². The van der Waals surface area contributed by atoms with Gasteiger partial charge >= 0.3 is 6.03 Å². The SMILES string of the molecule is CCCNC(=O)N1CCN(c2nc(N)nc3ccc(-c4ccc(F)cc4)nc23)CC1. The van der Waals surface area contributed by atoms with E-state index in [1.807, 2.05) is 19.1 Å². The van der Waals surface area contributed by atoms with Crippen LogP contribution in [-0.4, -0.2) is 58.6 Å². The van der Waals surface area contributed by atoms with Crippen LogP contribution in [0.1, 0.15) is 13.3 Å². The Hall–Kier alpha value is -3.49. The van der Waals surface area contributed by atoms with Crippen molar-refractivity contribution in [3.63, 3.8) is 0 Å². The van der Waals surface area contributed by atoms with Gasteiger partial charge in [0.15, 0.2) is 5.82 Å². The Kier molecular flexibility index (Phi) is 5.60. The number of nitrogens with two attached hydrogens (primary N) is 1. The van der Waals surface area contributed by atoms with E-state index in [1.54, 1.807) is 17.0 Å². The zero-order valence-corrected chi connectivity index (χ0v) is 16.8. The number of halogens is 1. The number of hydrogen-bond acceptors (Lipinski definition) is 6. The summed E-state index contributed by atoms with van der Waals surface area (Å²) in [4.78, 5) is 29.6. The molecule has 4 rings (SSSR count). The van der Waals surface area contributed by atoms with Crippen LogP contribution in [0.4, 0.5) is 21.0 Å². The van der Waals surface area contributed by atoms with E-state index in [0.717, 1.165) is 12.0 Å². The molecule has 0 aliphatic carbocycles. The molecular formula is C21H24FN7O. The molecule has 156 valence electrons. The molecule has 0 bridgehead atoms. The number of hydrogen-bond donors (Lipinski definition) is 2. The highest BCUT2D eigenvalue weighted by Gasteiger charge is 2.24. The maximum absolute atomic E-state index is 13.3. The summed E-state index contributed by atoms with van der Waals surface area (Å²) in [5.74, 6) is 0.532. The Bertz CT molecular complexity index is 1050. The summed E-state index contributed by atoms with van der Waals surface area (Å²) < 4.78 is 13.3. The first-order valence-corrected chi connectivity index (χ1v) is 10.0. The molecule has 9 heteroatoms. The molecule has 1 fully saturated rings. The van der Waals surface area contributed by atoms with E-state index in [9.17, 15) is 9.18 Å². The average Bonchev–Trinajstić information content (AvgIpc) is 2.77. The fraction of sp³-hybridized carbons (Fsp3) is 0.333. The Morgan fingerprint density at radius 2 is 1.80 bits per heavy atom. The quantitative estimate of drug-likeness (QED) is 0.687. The number of aromatic nitrogens is 3. The molecule has 0 saturated carbocycles. The summed E-state index contributed by atoms with van der Waals surface area (Å²) in [6.07, 6.45) is 0.903. The van der Waals surface area contributed by atoms with Crippen molar-refractivity contribution in [1.29, 1.82) is 0 Å². The van der Waals surface area contributed by atoms with Gasteiger partial charge in [-0.25, -0.2) is 19.2 Å². The number of carbonyl (C=O) groups excluding carboxylic acids is 1. The van der Waals surface area contributed by atoms with Gasteiger partial charge < -0.3 is 20.9 Å². The average molecular weight is 409 g/mol. The molecule has 2 amide bonds. The highest BCUT2D eigenvalue weighted by Crippen LogP contribution is 2.27. The topological polar surface area (TPSA) is 100 Å². The first-order chi connectivity index (χ1) is 14.5. The summed E-state index contributed by atoms with van der Waals surface area (Å²) in [7, 11) is 0. The number of anilines is 2. The largest absolute Gasteiger partial charge is 0.368 e. The monoisotopic (exact) mass is 409 g/mol. The number of rotatable bonds is 4.